The van der Waals surface area contributed by atoms with Crippen LogP contribution in [-0.2, 0) is 19.1 Å². The van der Waals surface area contributed by atoms with Crippen molar-refractivity contribution in [1.29, 1.82) is 0 Å². The molecule has 3 aromatic rings. The topological polar surface area (TPSA) is 101 Å². The second-order valence-electron chi connectivity index (χ2n) is 7.52. The van der Waals surface area contributed by atoms with Crippen LogP contribution in [0.5, 0.6) is 0 Å². The van der Waals surface area contributed by atoms with Crippen molar-refractivity contribution < 1.29 is 19.1 Å². The lowest BCUT2D eigenvalue weighted by Gasteiger charge is -2.26. The number of carbonyl (C=O) groups is 2. The molecule has 1 aliphatic heterocycles. The van der Waals surface area contributed by atoms with Crippen LogP contribution in [0.4, 0.5) is 0 Å². The van der Waals surface area contributed by atoms with E-state index in [1.807, 2.05) is 24.3 Å². The molecule has 0 bridgehead atoms. The van der Waals surface area contributed by atoms with Gasteiger partial charge in [0.1, 0.15) is 10.5 Å². The summed E-state index contributed by atoms with van der Waals surface area (Å²) in [6, 6.07) is 14.6. The molecule has 1 aliphatic rings. The quantitative estimate of drug-likeness (QED) is 0.441. The maximum absolute atomic E-state index is 13.5. The van der Waals surface area contributed by atoms with Crippen LogP contribution in [0.3, 0.4) is 0 Å². The Hall–Kier alpha value is -2.95. The molecule has 2 N–H and O–H groups in total. The molecule has 1 atom stereocenters. The monoisotopic (exact) mass is 618 g/mol. The standard InChI is InChI=1S/C25H20Br2N2O5S/c1-3-34-25(32)19-18(14-6-10-16(27)11-7-14)20(24(31)33-2)23-29(21(19)28)22(30)17(35-23)12-13-4-8-15(26)9-5-13/h4-12,18H,3,28H2,1-2H3. The van der Waals surface area contributed by atoms with Crippen molar-refractivity contribution in [3.8, 4) is 0 Å². The Balaban J connectivity index is 2.10. The van der Waals surface area contributed by atoms with Crippen molar-refractivity contribution in [3.05, 3.63) is 93.7 Å². The van der Waals surface area contributed by atoms with Crippen molar-refractivity contribution in [1.82, 2.24) is 4.57 Å². The fourth-order valence-corrected chi connectivity index (χ4v) is 5.56. The fraction of sp³-hybridized carbons (Fsp3) is 0.160. The zero-order chi connectivity index (χ0) is 25.3. The fourth-order valence-electron chi connectivity index (χ4n) is 3.86. The van der Waals surface area contributed by atoms with Crippen molar-refractivity contribution >= 4 is 72.6 Å². The van der Waals surface area contributed by atoms with Crippen LogP contribution < -0.4 is 20.5 Å². The van der Waals surface area contributed by atoms with E-state index < -0.39 is 23.4 Å². The molecule has 0 aliphatic carbocycles. The summed E-state index contributed by atoms with van der Waals surface area (Å²) in [5.74, 6) is -2.33. The summed E-state index contributed by atoms with van der Waals surface area (Å²) >= 11 is 7.92. The molecule has 7 nitrogen and oxygen atoms in total. The minimum absolute atomic E-state index is 0.0113. The number of hydrogen-bond acceptors (Lipinski definition) is 7. The Morgan fingerprint density at radius 3 is 2.20 bits per heavy atom. The lowest BCUT2D eigenvalue weighted by molar-refractivity contribution is -0.138. The number of esters is 2. The molecule has 0 saturated heterocycles. The van der Waals surface area contributed by atoms with Gasteiger partial charge in [-0.25, -0.2) is 9.59 Å². The molecule has 0 radical (unpaired) electrons. The van der Waals surface area contributed by atoms with Crippen LogP contribution in [0.15, 0.2) is 67.8 Å². The first-order valence-corrected chi connectivity index (χ1v) is 12.9. The first kappa shape index (κ1) is 25.2. The highest BCUT2D eigenvalue weighted by Gasteiger charge is 2.39. The third-order valence-corrected chi connectivity index (χ3v) is 7.59. The van der Waals surface area contributed by atoms with Gasteiger partial charge in [-0.2, -0.15) is 0 Å². The first-order valence-electron chi connectivity index (χ1n) is 10.5. The molecular formula is C25H20Br2N2O5S. The number of nitrogens with two attached hydrogens (primary N) is 1. The predicted octanol–water partition coefficient (Wildman–Crippen LogP) is 3.08. The minimum Gasteiger partial charge on any atom is -0.466 e. The number of carbonyl (C=O) groups excluding carboxylic acids is 2. The Morgan fingerprint density at radius 1 is 1.03 bits per heavy atom. The number of thiazole rings is 1. The van der Waals surface area contributed by atoms with Crippen LogP contribution in [0.1, 0.15) is 24.0 Å². The average Bonchev–Trinajstić information content (AvgIpc) is 3.16. The number of ether oxygens (including phenoxy) is 2. The van der Waals surface area contributed by atoms with Crippen molar-refractivity contribution in [3.63, 3.8) is 0 Å². The molecule has 2 heterocycles. The average molecular weight is 620 g/mol. The number of halogens is 2. The normalized spacial score (nSPS) is 15.7. The molecular weight excluding hydrogens is 600 g/mol. The van der Waals surface area contributed by atoms with Gasteiger partial charge in [0.15, 0.2) is 0 Å². The SMILES string of the molecule is CCOC(=O)C1=C(N)n2c(sc(=Cc3ccc(Br)cc3)c2=O)=C(C(=O)OC)C1c1ccc(Br)cc1. The number of hydrogen-bond donors (Lipinski definition) is 1. The zero-order valence-electron chi connectivity index (χ0n) is 18.7. The maximum Gasteiger partial charge on any atom is 0.338 e. The highest BCUT2D eigenvalue weighted by molar-refractivity contribution is 9.10. The van der Waals surface area contributed by atoms with E-state index in [1.54, 1.807) is 37.3 Å². The van der Waals surface area contributed by atoms with E-state index in [2.05, 4.69) is 31.9 Å². The maximum atomic E-state index is 13.5. The summed E-state index contributed by atoms with van der Waals surface area (Å²) in [6.45, 7) is 1.77. The molecule has 2 aromatic carbocycles. The van der Waals surface area contributed by atoms with Gasteiger partial charge in [-0.1, -0.05) is 56.1 Å². The lowest BCUT2D eigenvalue weighted by atomic mass is 9.83. The summed E-state index contributed by atoms with van der Waals surface area (Å²) in [7, 11) is 1.25. The van der Waals surface area contributed by atoms with Gasteiger partial charge in [0.05, 0.1) is 35.3 Å². The van der Waals surface area contributed by atoms with Gasteiger partial charge in [0.25, 0.3) is 5.56 Å². The van der Waals surface area contributed by atoms with E-state index >= 15 is 0 Å². The Bertz CT molecular complexity index is 1520. The van der Waals surface area contributed by atoms with Gasteiger partial charge in [-0.3, -0.25) is 9.36 Å². The molecule has 35 heavy (non-hydrogen) atoms. The van der Waals surface area contributed by atoms with E-state index in [0.29, 0.717) is 14.8 Å². The van der Waals surface area contributed by atoms with Gasteiger partial charge in [0, 0.05) is 8.95 Å². The van der Waals surface area contributed by atoms with Gasteiger partial charge < -0.3 is 15.2 Å². The van der Waals surface area contributed by atoms with Crippen molar-refractivity contribution in [2.45, 2.75) is 12.8 Å². The van der Waals surface area contributed by atoms with Crippen LogP contribution in [0, 0.1) is 0 Å². The third-order valence-electron chi connectivity index (χ3n) is 5.42. The van der Waals surface area contributed by atoms with Crippen LogP contribution in [0.2, 0.25) is 0 Å². The number of rotatable bonds is 5. The smallest absolute Gasteiger partial charge is 0.338 e. The van der Waals surface area contributed by atoms with Crippen molar-refractivity contribution in [2.75, 3.05) is 13.7 Å². The van der Waals surface area contributed by atoms with Crippen molar-refractivity contribution in [2.24, 2.45) is 5.73 Å². The lowest BCUT2D eigenvalue weighted by Crippen LogP contribution is -2.41. The van der Waals surface area contributed by atoms with Gasteiger partial charge in [-0.05, 0) is 48.4 Å². The van der Waals surface area contributed by atoms with Gasteiger partial charge in [0.2, 0.25) is 0 Å². The Kier molecular flexibility index (Phi) is 7.44. The highest BCUT2D eigenvalue weighted by atomic mass is 79.9. The Morgan fingerprint density at radius 2 is 1.63 bits per heavy atom. The third kappa shape index (κ3) is 4.78. The molecule has 4 rings (SSSR count). The highest BCUT2D eigenvalue weighted by Crippen LogP contribution is 2.38. The zero-order valence-corrected chi connectivity index (χ0v) is 22.7. The molecule has 1 aromatic heterocycles. The first-order chi connectivity index (χ1) is 16.8. The number of methoxy groups -OCH3 is 1. The minimum atomic E-state index is -0.881. The predicted molar refractivity (Wildman–Crippen MR) is 142 cm³/mol. The number of benzene rings is 2. The van der Waals surface area contributed by atoms with E-state index in [4.69, 9.17) is 15.2 Å². The molecule has 0 saturated carbocycles. The van der Waals surface area contributed by atoms with Gasteiger partial charge in [-0.15, -0.1) is 11.3 Å². The molecule has 0 fully saturated rings. The summed E-state index contributed by atoms with van der Waals surface area (Å²) in [6.07, 6.45) is 1.71. The van der Waals surface area contributed by atoms with E-state index in [0.717, 1.165) is 25.8 Å². The number of aromatic nitrogens is 1. The van der Waals surface area contributed by atoms with E-state index in [-0.39, 0.29) is 23.6 Å². The molecule has 1 unspecified atom stereocenters. The van der Waals surface area contributed by atoms with E-state index in [1.165, 1.54) is 11.7 Å². The second kappa shape index (κ2) is 10.3. The molecule has 0 spiro atoms. The summed E-state index contributed by atoms with van der Waals surface area (Å²) in [5.41, 5.74) is 7.60. The summed E-state index contributed by atoms with van der Waals surface area (Å²) in [5, 5.41) is 0. The summed E-state index contributed by atoms with van der Waals surface area (Å²) in [4.78, 5) is 39.7. The van der Waals surface area contributed by atoms with Crippen LogP contribution >= 0.6 is 43.2 Å². The van der Waals surface area contributed by atoms with Crippen LogP contribution in [0.25, 0.3) is 17.5 Å². The van der Waals surface area contributed by atoms with E-state index in [9.17, 15) is 14.4 Å². The van der Waals surface area contributed by atoms with Gasteiger partial charge >= 0.3 is 11.9 Å². The summed E-state index contributed by atoms with van der Waals surface area (Å²) < 4.78 is 14.0. The molecule has 0 amide bonds. The molecule has 10 heteroatoms. The molecule has 180 valence electrons. The largest absolute Gasteiger partial charge is 0.466 e. The van der Waals surface area contributed by atoms with Crippen LogP contribution in [-0.4, -0.2) is 30.2 Å². The number of nitrogens with zero attached hydrogens (tertiary/aromatic N) is 1. The Labute approximate surface area is 221 Å². The second-order valence-corrected chi connectivity index (χ2v) is 10.4. The number of fused-ring (bicyclic) bond motifs is 1.